The molecule has 1 saturated heterocycles. The Morgan fingerprint density at radius 2 is 1.83 bits per heavy atom. The first kappa shape index (κ1) is 19.4. The maximum absolute atomic E-state index is 12.6. The predicted molar refractivity (Wildman–Crippen MR) is 117 cm³/mol. The normalized spacial score (nSPS) is 14.3. The summed E-state index contributed by atoms with van der Waals surface area (Å²) in [4.78, 5) is 30.7. The van der Waals surface area contributed by atoms with E-state index in [0.717, 1.165) is 11.3 Å². The van der Waals surface area contributed by atoms with E-state index in [1.807, 2.05) is 50.2 Å². The van der Waals surface area contributed by atoms with E-state index in [0.29, 0.717) is 23.5 Å². The highest BCUT2D eigenvalue weighted by Crippen LogP contribution is 2.35. The third-order valence-corrected chi connectivity index (χ3v) is 4.94. The van der Waals surface area contributed by atoms with Crippen molar-refractivity contribution in [2.45, 2.75) is 13.8 Å². The van der Waals surface area contributed by atoms with Gasteiger partial charge in [0.05, 0.1) is 5.41 Å². The number of benzene rings is 2. The third kappa shape index (κ3) is 4.08. The summed E-state index contributed by atoms with van der Waals surface area (Å²) in [5.74, 6) is 5.92. The van der Waals surface area contributed by atoms with Crippen LogP contribution in [-0.4, -0.2) is 23.3 Å². The molecule has 30 heavy (non-hydrogen) atoms. The van der Waals surface area contributed by atoms with Gasteiger partial charge in [0.25, 0.3) is 5.91 Å². The van der Waals surface area contributed by atoms with Gasteiger partial charge >= 0.3 is 0 Å². The molecule has 0 unspecified atom stereocenters. The standard InChI is InChI=1S/C25H21N3O2/c1-25(2)17-28(24(25)30)22-13-11-21(12-14-22)27-23(29)19-7-5-6-18(16-19)9-10-20-8-3-4-15-26-20/h3-8,11-16H,17H2,1-2H3,(H,27,29). The number of nitrogens with zero attached hydrogens (tertiary/aromatic N) is 2. The fourth-order valence-electron chi connectivity index (χ4n) is 3.26. The van der Waals surface area contributed by atoms with Gasteiger partial charge in [0, 0.05) is 35.2 Å². The number of hydrogen-bond donors (Lipinski definition) is 1. The van der Waals surface area contributed by atoms with Crippen LogP contribution in [0.15, 0.2) is 72.9 Å². The fourth-order valence-corrected chi connectivity index (χ4v) is 3.26. The first-order valence-corrected chi connectivity index (χ1v) is 9.69. The molecule has 1 fully saturated rings. The van der Waals surface area contributed by atoms with E-state index in [1.54, 1.807) is 41.4 Å². The molecule has 4 rings (SSSR count). The van der Waals surface area contributed by atoms with Crippen molar-refractivity contribution in [1.29, 1.82) is 0 Å². The van der Waals surface area contributed by atoms with Crippen molar-refractivity contribution >= 4 is 23.2 Å². The lowest BCUT2D eigenvalue weighted by Crippen LogP contribution is -2.58. The molecule has 0 bridgehead atoms. The fraction of sp³-hybridized carbons (Fsp3) is 0.160. The number of amides is 2. The average molecular weight is 395 g/mol. The molecule has 1 aromatic heterocycles. The van der Waals surface area contributed by atoms with Gasteiger partial charge in [0.1, 0.15) is 5.69 Å². The van der Waals surface area contributed by atoms with Crippen molar-refractivity contribution in [2.24, 2.45) is 5.41 Å². The molecule has 0 spiro atoms. The van der Waals surface area contributed by atoms with E-state index in [9.17, 15) is 9.59 Å². The number of rotatable bonds is 3. The zero-order valence-electron chi connectivity index (χ0n) is 16.8. The second-order valence-electron chi connectivity index (χ2n) is 7.82. The van der Waals surface area contributed by atoms with Crippen LogP contribution in [-0.2, 0) is 4.79 Å². The number of aromatic nitrogens is 1. The molecular weight excluding hydrogens is 374 g/mol. The van der Waals surface area contributed by atoms with Crippen LogP contribution in [0.25, 0.3) is 0 Å². The van der Waals surface area contributed by atoms with Crippen molar-refractivity contribution in [2.75, 3.05) is 16.8 Å². The summed E-state index contributed by atoms with van der Waals surface area (Å²) in [6.07, 6.45) is 1.69. The zero-order valence-corrected chi connectivity index (χ0v) is 16.8. The second kappa shape index (κ2) is 7.84. The topological polar surface area (TPSA) is 62.3 Å². The number of nitrogens with one attached hydrogen (secondary N) is 1. The van der Waals surface area contributed by atoms with E-state index < -0.39 is 0 Å². The van der Waals surface area contributed by atoms with Gasteiger partial charge in [-0.15, -0.1) is 0 Å². The molecular formula is C25H21N3O2. The Labute approximate surface area is 175 Å². The largest absolute Gasteiger partial charge is 0.322 e. The minimum Gasteiger partial charge on any atom is -0.322 e. The zero-order chi connectivity index (χ0) is 21.1. The van der Waals surface area contributed by atoms with Gasteiger partial charge in [-0.1, -0.05) is 18.1 Å². The monoisotopic (exact) mass is 395 g/mol. The van der Waals surface area contributed by atoms with Gasteiger partial charge in [-0.2, -0.15) is 0 Å². The minimum atomic E-state index is -0.294. The maximum atomic E-state index is 12.6. The third-order valence-electron chi connectivity index (χ3n) is 4.94. The molecule has 1 aliphatic rings. The van der Waals surface area contributed by atoms with Crippen LogP contribution >= 0.6 is 0 Å². The van der Waals surface area contributed by atoms with Crippen LogP contribution in [0.5, 0.6) is 0 Å². The Balaban J connectivity index is 1.43. The van der Waals surface area contributed by atoms with E-state index in [1.165, 1.54) is 0 Å². The highest BCUT2D eigenvalue weighted by atomic mass is 16.2. The van der Waals surface area contributed by atoms with Crippen LogP contribution < -0.4 is 10.2 Å². The quantitative estimate of drug-likeness (QED) is 0.536. The number of anilines is 2. The minimum absolute atomic E-state index is 0.114. The van der Waals surface area contributed by atoms with Crippen LogP contribution in [0, 0.1) is 17.3 Å². The van der Waals surface area contributed by atoms with Crippen molar-refractivity contribution < 1.29 is 9.59 Å². The molecule has 5 nitrogen and oxygen atoms in total. The summed E-state index contributed by atoms with van der Waals surface area (Å²) in [5.41, 5.74) is 3.15. The van der Waals surface area contributed by atoms with E-state index in [-0.39, 0.29) is 17.2 Å². The molecule has 2 aromatic carbocycles. The second-order valence-corrected chi connectivity index (χ2v) is 7.82. The molecule has 2 amide bonds. The van der Waals surface area contributed by atoms with Crippen LogP contribution in [0.1, 0.15) is 35.5 Å². The number of hydrogen-bond acceptors (Lipinski definition) is 3. The lowest BCUT2D eigenvalue weighted by molar-refractivity contribution is -0.132. The highest BCUT2D eigenvalue weighted by molar-refractivity contribution is 6.05. The van der Waals surface area contributed by atoms with Crippen molar-refractivity contribution in [3.63, 3.8) is 0 Å². The van der Waals surface area contributed by atoms with Gasteiger partial charge in [-0.3, -0.25) is 9.59 Å². The number of pyridine rings is 1. The molecule has 148 valence electrons. The lowest BCUT2D eigenvalue weighted by Gasteiger charge is -2.44. The Bertz CT molecular complexity index is 1160. The van der Waals surface area contributed by atoms with Crippen molar-refractivity contribution in [3.05, 3.63) is 89.7 Å². The summed E-state index contributed by atoms with van der Waals surface area (Å²) in [6.45, 7) is 4.58. The van der Waals surface area contributed by atoms with Gasteiger partial charge in [0.2, 0.25) is 5.91 Å². The van der Waals surface area contributed by atoms with E-state index in [4.69, 9.17) is 0 Å². The molecule has 3 aromatic rings. The lowest BCUT2D eigenvalue weighted by atomic mass is 9.83. The van der Waals surface area contributed by atoms with Crippen LogP contribution in [0.2, 0.25) is 0 Å². The number of carbonyl (C=O) groups excluding carboxylic acids is 2. The van der Waals surface area contributed by atoms with Gasteiger partial charge in [-0.05, 0) is 74.4 Å². The van der Waals surface area contributed by atoms with E-state index in [2.05, 4.69) is 22.1 Å². The van der Waals surface area contributed by atoms with Gasteiger partial charge in [0.15, 0.2) is 0 Å². The molecule has 0 atom stereocenters. The Morgan fingerprint density at radius 3 is 2.50 bits per heavy atom. The Morgan fingerprint density at radius 1 is 1.03 bits per heavy atom. The van der Waals surface area contributed by atoms with Gasteiger partial charge in [-0.25, -0.2) is 4.98 Å². The van der Waals surface area contributed by atoms with Crippen molar-refractivity contribution in [3.8, 4) is 11.8 Å². The highest BCUT2D eigenvalue weighted by Gasteiger charge is 2.44. The molecule has 5 heteroatoms. The molecule has 2 heterocycles. The number of carbonyl (C=O) groups is 2. The van der Waals surface area contributed by atoms with Crippen molar-refractivity contribution in [1.82, 2.24) is 4.98 Å². The molecule has 0 radical (unpaired) electrons. The average Bonchev–Trinajstić information content (AvgIpc) is 2.77. The summed E-state index contributed by atoms with van der Waals surface area (Å²) in [7, 11) is 0. The summed E-state index contributed by atoms with van der Waals surface area (Å²) >= 11 is 0. The first-order valence-electron chi connectivity index (χ1n) is 9.69. The first-order chi connectivity index (χ1) is 14.4. The smallest absolute Gasteiger partial charge is 0.255 e. The molecule has 1 N–H and O–H groups in total. The molecule has 1 aliphatic heterocycles. The van der Waals surface area contributed by atoms with E-state index >= 15 is 0 Å². The van der Waals surface area contributed by atoms with Crippen LogP contribution in [0.3, 0.4) is 0 Å². The summed E-state index contributed by atoms with van der Waals surface area (Å²) < 4.78 is 0. The number of β-lactam (4-membered cyclic amide) rings is 1. The SMILES string of the molecule is CC1(C)CN(c2ccc(NC(=O)c3cccc(C#Cc4ccccn4)c3)cc2)C1=O. The van der Waals surface area contributed by atoms with Crippen LogP contribution in [0.4, 0.5) is 11.4 Å². The van der Waals surface area contributed by atoms with Gasteiger partial charge < -0.3 is 10.2 Å². The summed E-state index contributed by atoms with van der Waals surface area (Å²) in [6, 6.07) is 20.0. The Hall–Kier alpha value is -3.91. The Kier molecular flexibility index (Phi) is 5.07. The maximum Gasteiger partial charge on any atom is 0.255 e. The summed E-state index contributed by atoms with van der Waals surface area (Å²) in [5, 5.41) is 2.89. The molecule has 0 aliphatic carbocycles. The predicted octanol–water partition coefficient (Wildman–Crippen LogP) is 4.11. The molecule has 0 saturated carbocycles.